The summed E-state index contributed by atoms with van der Waals surface area (Å²) in [5.41, 5.74) is 15.7. The molecule has 4 saturated carbocycles. The minimum atomic E-state index is -1.06. The highest BCUT2D eigenvalue weighted by Crippen LogP contribution is 2.59. The van der Waals surface area contributed by atoms with Gasteiger partial charge in [0.15, 0.2) is 0 Å². The molecule has 0 spiro atoms. The van der Waals surface area contributed by atoms with Crippen LogP contribution in [0.3, 0.4) is 0 Å². The molecule has 0 aromatic carbocycles. The molecule has 4 aliphatic carbocycles. The molecular weight excluding hydrogens is 364 g/mol. The fourth-order valence-corrected chi connectivity index (χ4v) is 5.27. The van der Waals surface area contributed by atoms with Crippen molar-refractivity contribution in [3.05, 3.63) is 0 Å². The lowest BCUT2D eigenvalue weighted by atomic mass is 9.49. The Balaban J connectivity index is 0.000000201. The maximum Gasteiger partial charge on any atom is 0.303 e. The molecule has 9 nitrogen and oxygen atoms in total. The van der Waals surface area contributed by atoms with Crippen LogP contribution >= 0.6 is 0 Å². The van der Waals surface area contributed by atoms with Crippen molar-refractivity contribution in [2.45, 2.75) is 70.4 Å². The Bertz CT molecular complexity index is 599. The van der Waals surface area contributed by atoms with Gasteiger partial charge in [-0.25, -0.2) is 0 Å². The molecule has 28 heavy (non-hydrogen) atoms. The van der Waals surface area contributed by atoms with Crippen LogP contribution in [0, 0.1) is 23.2 Å². The number of hydrogen-bond donors (Lipinski definition) is 5. The van der Waals surface area contributed by atoms with Gasteiger partial charge in [0.2, 0.25) is 17.7 Å². The average molecular weight is 396 g/mol. The molecule has 0 aromatic rings. The lowest BCUT2D eigenvalue weighted by Gasteiger charge is -2.55. The van der Waals surface area contributed by atoms with Gasteiger partial charge in [0.1, 0.15) is 6.04 Å². The number of rotatable bonds is 7. The van der Waals surface area contributed by atoms with Gasteiger partial charge in [-0.2, -0.15) is 0 Å². The van der Waals surface area contributed by atoms with Gasteiger partial charge in [-0.15, -0.1) is 0 Å². The molecule has 2 atom stereocenters. The van der Waals surface area contributed by atoms with Gasteiger partial charge in [0.05, 0.1) is 6.04 Å². The second kappa shape index (κ2) is 8.89. The summed E-state index contributed by atoms with van der Waals surface area (Å²) < 4.78 is 0. The molecule has 4 bridgehead atoms. The number of primary amides is 2. The van der Waals surface area contributed by atoms with Gasteiger partial charge in [-0.3, -0.25) is 19.2 Å². The van der Waals surface area contributed by atoms with Gasteiger partial charge in [-0.05, 0) is 69.6 Å². The van der Waals surface area contributed by atoms with E-state index in [2.05, 4.69) is 5.32 Å². The van der Waals surface area contributed by atoms with Crippen molar-refractivity contribution in [3.8, 4) is 0 Å². The van der Waals surface area contributed by atoms with Crippen LogP contribution in [0.4, 0.5) is 0 Å². The minimum absolute atomic E-state index is 0.00778. The number of carbonyl (C=O) groups is 4. The first-order valence-electron chi connectivity index (χ1n) is 9.89. The van der Waals surface area contributed by atoms with E-state index in [-0.39, 0.29) is 24.2 Å². The number of carboxylic acid groups (broad SMARTS) is 1. The maximum atomic E-state index is 11.5. The van der Waals surface area contributed by atoms with E-state index in [4.69, 9.17) is 22.3 Å². The zero-order chi connectivity index (χ0) is 21.1. The predicted octanol–water partition coefficient (Wildman–Crippen LogP) is -0.143. The number of aliphatic carboxylic acids is 1. The van der Waals surface area contributed by atoms with Crippen molar-refractivity contribution in [2.75, 3.05) is 0 Å². The fourth-order valence-electron chi connectivity index (χ4n) is 5.27. The summed E-state index contributed by atoms with van der Waals surface area (Å²) in [5.74, 6) is 0.119. The monoisotopic (exact) mass is 396 g/mol. The van der Waals surface area contributed by atoms with E-state index in [1.54, 1.807) is 0 Å². The van der Waals surface area contributed by atoms with E-state index >= 15 is 0 Å². The van der Waals surface area contributed by atoms with Crippen molar-refractivity contribution < 1.29 is 24.3 Å². The molecule has 9 heteroatoms. The second-order valence-electron chi connectivity index (χ2n) is 8.75. The predicted molar refractivity (Wildman–Crippen MR) is 101 cm³/mol. The SMILES string of the molecule is C[C@H](N)C(=O)N[C@H](CCC(=O)O)C(N)=O.NC(=O)C12CC3CC(CC(C3)C1)C2. The molecule has 0 aromatic heterocycles. The summed E-state index contributed by atoms with van der Waals surface area (Å²) in [4.78, 5) is 43.7. The van der Waals surface area contributed by atoms with Crippen molar-refractivity contribution in [3.63, 3.8) is 0 Å². The fraction of sp³-hybridized carbons (Fsp3) is 0.789. The number of nitrogens with two attached hydrogens (primary N) is 3. The second-order valence-corrected chi connectivity index (χ2v) is 8.75. The third-order valence-electron chi connectivity index (χ3n) is 6.28. The van der Waals surface area contributed by atoms with Crippen molar-refractivity contribution in [2.24, 2.45) is 40.4 Å². The highest BCUT2D eigenvalue weighted by Gasteiger charge is 2.53. The Morgan fingerprint density at radius 1 is 1.04 bits per heavy atom. The lowest BCUT2D eigenvalue weighted by Crippen LogP contribution is -2.52. The normalized spacial score (nSPS) is 31.9. The topological polar surface area (TPSA) is 179 Å². The van der Waals surface area contributed by atoms with Gasteiger partial charge in [0.25, 0.3) is 0 Å². The van der Waals surface area contributed by atoms with Gasteiger partial charge in [-0.1, -0.05) is 0 Å². The smallest absolute Gasteiger partial charge is 0.303 e. The quantitative estimate of drug-likeness (QED) is 0.399. The molecule has 8 N–H and O–H groups in total. The van der Waals surface area contributed by atoms with E-state index in [9.17, 15) is 19.2 Å². The highest BCUT2D eigenvalue weighted by molar-refractivity contribution is 5.89. The van der Waals surface area contributed by atoms with E-state index in [0.29, 0.717) is 0 Å². The van der Waals surface area contributed by atoms with Gasteiger partial charge >= 0.3 is 5.97 Å². The van der Waals surface area contributed by atoms with Crippen molar-refractivity contribution >= 4 is 23.7 Å². The van der Waals surface area contributed by atoms with Crippen molar-refractivity contribution in [1.29, 1.82) is 0 Å². The number of amides is 3. The van der Waals surface area contributed by atoms with Crippen LogP contribution in [0.5, 0.6) is 0 Å². The first-order valence-corrected chi connectivity index (χ1v) is 9.89. The number of nitrogens with one attached hydrogen (secondary N) is 1. The largest absolute Gasteiger partial charge is 0.481 e. The van der Waals surface area contributed by atoms with Crippen LogP contribution in [0.15, 0.2) is 0 Å². The molecule has 0 heterocycles. The zero-order valence-corrected chi connectivity index (χ0v) is 16.4. The summed E-state index contributed by atoms with van der Waals surface area (Å²) in [6.07, 6.45) is 7.18. The average Bonchev–Trinajstić information content (AvgIpc) is 2.57. The zero-order valence-electron chi connectivity index (χ0n) is 16.4. The van der Waals surface area contributed by atoms with Gasteiger partial charge < -0.3 is 27.6 Å². The molecule has 0 saturated heterocycles. The van der Waals surface area contributed by atoms with Crippen LogP contribution in [0.2, 0.25) is 0 Å². The van der Waals surface area contributed by atoms with E-state index < -0.39 is 29.9 Å². The molecule has 0 aliphatic heterocycles. The lowest BCUT2D eigenvalue weighted by molar-refractivity contribution is -0.142. The maximum absolute atomic E-state index is 11.5. The molecule has 0 radical (unpaired) electrons. The summed E-state index contributed by atoms with van der Waals surface area (Å²) >= 11 is 0. The van der Waals surface area contributed by atoms with Crippen molar-refractivity contribution in [1.82, 2.24) is 5.32 Å². The molecule has 3 amide bonds. The molecule has 4 fully saturated rings. The molecular formula is C19H32N4O5. The summed E-state index contributed by atoms with van der Waals surface area (Å²) in [6, 6.07) is -1.75. The molecule has 4 rings (SSSR count). The Morgan fingerprint density at radius 2 is 1.50 bits per heavy atom. The van der Waals surface area contributed by atoms with E-state index in [0.717, 1.165) is 37.0 Å². The summed E-state index contributed by atoms with van der Waals surface area (Å²) in [5, 5.41) is 10.7. The van der Waals surface area contributed by atoms with Crippen LogP contribution in [0.25, 0.3) is 0 Å². The highest BCUT2D eigenvalue weighted by atomic mass is 16.4. The molecule has 158 valence electrons. The first kappa shape index (κ1) is 22.1. The standard InChI is InChI=1S/C11H17NO.C8H15N3O4/c12-10(13)11-4-7-1-8(5-11)3-9(2-7)6-11;1-4(9)8(15)11-5(7(10)14)2-3-6(12)13/h7-9H,1-6H2,(H2,12,13);4-5H,2-3,9H2,1H3,(H2,10,14)(H,11,15)(H,12,13)/t;4-,5+/m.0/s1. The molecule has 0 unspecified atom stereocenters. The Hall–Kier alpha value is -2.16. The minimum Gasteiger partial charge on any atom is -0.481 e. The number of carbonyl (C=O) groups excluding carboxylic acids is 3. The number of hydrogen-bond acceptors (Lipinski definition) is 5. The third kappa shape index (κ3) is 5.43. The Morgan fingerprint density at radius 3 is 1.82 bits per heavy atom. The Labute approximate surface area is 164 Å². The van der Waals surface area contributed by atoms with Crippen LogP contribution < -0.4 is 22.5 Å². The first-order chi connectivity index (χ1) is 13.0. The van der Waals surface area contributed by atoms with E-state index in [1.165, 1.54) is 26.2 Å². The van der Waals surface area contributed by atoms with Gasteiger partial charge in [0, 0.05) is 11.8 Å². The van der Waals surface area contributed by atoms with Crippen LogP contribution in [-0.2, 0) is 19.2 Å². The summed E-state index contributed by atoms with van der Waals surface area (Å²) in [6.45, 7) is 1.45. The van der Waals surface area contributed by atoms with E-state index in [1.807, 2.05) is 0 Å². The molecule has 4 aliphatic rings. The van der Waals surface area contributed by atoms with Crippen LogP contribution in [0.1, 0.15) is 58.3 Å². The van der Waals surface area contributed by atoms with Crippen LogP contribution in [-0.4, -0.2) is 40.9 Å². The third-order valence-corrected chi connectivity index (χ3v) is 6.28. The number of carboxylic acids is 1. The Kier molecular flexibility index (Phi) is 7.03. The summed E-state index contributed by atoms with van der Waals surface area (Å²) in [7, 11) is 0.